The molecule has 0 spiro atoms. The maximum atomic E-state index is 5.54. The van der Waals surface area contributed by atoms with Crippen molar-refractivity contribution >= 4 is 0 Å². The molecule has 2 aromatic rings. The molecule has 2 unspecified atom stereocenters. The van der Waals surface area contributed by atoms with Gasteiger partial charge in [0.2, 0.25) is 0 Å². The second kappa shape index (κ2) is 5.50. The minimum atomic E-state index is 0.270. The topological polar surface area (TPSA) is 62.8 Å². The zero-order valence-corrected chi connectivity index (χ0v) is 11.0. The molecule has 2 atom stereocenters. The molecule has 1 aromatic carbocycles. The van der Waals surface area contributed by atoms with Crippen molar-refractivity contribution in [1.82, 2.24) is 20.7 Å². The molecule has 0 amide bonds. The number of hydrogen-bond acceptors (Lipinski definition) is 4. The van der Waals surface area contributed by atoms with E-state index >= 15 is 0 Å². The largest absolute Gasteiger partial charge is 0.377 e. The fraction of sp³-hybridized carbons (Fsp3) is 0.429. The number of hydrogen-bond donors (Lipinski definition) is 2. The third kappa shape index (κ3) is 2.67. The first kappa shape index (κ1) is 12.3. The minimum absolute atomic E-state index is 0.270. The van der Waals surface area contributed by atoms with Gasteiger partial charge in [-0.2, -0.15) is 15.4 Å². The molecule has 19 heavy (non-hydrogen) atoms. The minimum Gasteiger partial charge on any atom is -0.377 e. The first-order chi connectivity index (χ1) is 9.34. The summed E-state index contributed by atoms with van der Waals surface area (Å²) in [6, 6.07) is 10.5. The molecule has 2 heterocycles. The lowest BCUT2D eigenvalue weighted by Crippen LogP contribution is -2.34. The summed E-state index contributed by atoms with van der Waals surface area (Å²) in [5.41, 5.74) is 2.95. The maximum absolute atomic E-state index is 5.54. The Morgan fingerprint density at radius 2 is 2.16 bits per heavy atom. The van der Waals surface area contributed by atoms with Gasteiger partial charge >= 0.3 is 0 Å². The summed E-state index contributed by atoms with van der Waals surface area (Å²) in [5, 5.41) is 14.7. The van der Waals surface area contributed by atoms with Gasteiger partial charge in [0.05, 0.1) is 6.10 Å². The van der Waals surface area contributed by atoms with Crippen LogP contribution in [0.15, 0.2) is 30.3 Å². The third-order valence-corrected chi connectivity index (χ3v) is 3.58. The first-order valence-electron chi connectivity index (χ1n) is 6.64. The van der Waals surface area contributed by atoms with Crippen molar-refractivity contribution in [3.8, 4) is 11.3 Å². The van der Waals surface area contributed by atoms with Crippen molar-refractivity contribution in [1.29, 1.82) is 0 Å². The van der Waals surface area contributed by atoms with E-state index in [1.54, 1.807) is 0 Å². The maximum Gasteiger partial charge on any atom is 0.117 e. The van der Waals surface area contributed by atoms with Gasteiger partial charge in [0.15, 0.2) is 0 Å². The molecule has 1 aliphatic heterocycles. The number of rotatable bonds is 4. The number of aromatic amines is 1. The van der Waals surface area contributed by atoms with Crippen molar-refractivity contribution in [3.05, 3.63) is 36.0 Å². The second-order valence-corrected chi connectivity index (χ2v) is 4.84. The van der Waals surface area contributed by atoms with Crippen molar-refractivity contribution < 1.29 is 4.74 Å². The van der Waals surface area contributed by atoms with Crippen LogP contribution in [-0.2, 0) is 11.3 Å². The van der Waals surface area contributed by atoms with E-state index in [2.05, 4.69) is 27.7 Å². The Kier molecular flexibility index (Phi) is 3.57. The van der Waals surface area contributed by atoms with Crippen LogP contribution in [0.3, 0.4) is 0 Å². The lowest BCUT2D eigenvalue weighted by atomic mass is 10.1. The summed E-state index contributed by atoms with van der Waals surface area (Å²) in [6.07, 6.45) is 1.33. The molecule has 5 nitrogen and oxygen atoms in total. The van der Waals surface area contributed by atoms with Crippen LogP contribution in [0, 0.1) is 0 Å². The van der Waals surface area contributed by atoms with Crippen molar-refractivity contribution in [2.45, 2.75) is 32.0 Å². The summed E-state index contributed by atoms with van der Waals surface area (Å²) in [7, 11) is 0. The Bertz CT molecular complexity index is 525. The summed E-state index contributed by atoms with van der Waals surface area (Å²) in [5.74, 6) is 0. The summed E-state index contributed by atoms with van der Waals surface area (Å²) in [4.78, 5) is 0. The van der Waals surface area contributed by atoms with Crippen LogP contribution < -0.4 is 5.32 Å². The summed E-state index contributed by atoms with van der Waals surface area (Å²) >= 11 is 0. The highest BCUT2D eigenvalue weighted by molar-refractivity contribution is 5.60. The van der Waals surface area contributed by atoms with E-state index in [0.717, 1.165) is 30.0 Å². The van der Waals surface area contributed by atoms with Gasteiger partial charge in [-0.3, -0.25) is 0 Å². The van der Waals surface area contributed by atoms with Crippen LogP contribution >= 0.6 is 0 Å². The Hall–Kier alpha value is -1.72. The van der Waals surface area contributed by atoms with Gasteiger partial charge in [-0.05, 0) is 13.3 Å². The van der Waals surface area contributed by atoms with Gasteiger partial charge in [0, 0.05) is 24.8 Å². The first-order valence-corrected chi connectivity index (χ1v) is 6.64. The van der Waals surface area contributed by atoms with Gasteiger partial charge in [-0.1, -0.05) is 30.3 Å². The van der Waals surface area contributed by atoms with E-state index < -0.39 is 0 Å². The molecule has 1 aromatic heterocycles. The SMILES string of the molecule is CC1OCCC1NCc1n[nH]nc1-c1ccccc1. The average Bonchev–Trinajstić information content (AvgIpc) is 3.06. The molecule has 0 aliphatic carbocycles. The highest BCUT2D eigenvalue weighted by atomic mass is 16.5. The quantitative estimate of drug-likeness (QED) is 0.877. The Balaban J connectivity index is 1.71. The van der Waals surface area contributed by atoms with Crippen LogP contribution in [0.1, 0.15) is 19.0 Å². The molecule has 1 fully saturated rings. The van der Waals surface area contributed by atoms with Crippen molar-refractivity contribution in [3.63, 3.8) is 0 Å². The molecule has 5 heteroatoms. The highest BCUT2D eigenvalue weighted by Crippen LogP contribution is 2.20. The van der Waals surface area contributed by atoms with Crippen LogP contribution in [-0.4, -0.2) is 34.2 Å². The fourth-order valence-electron chi connectivity index (χ4n) is 2.43. The van der Waals surface area contributed by atoms with Crippen LogP contribution in [0.4, 0.5) is 0 Å². The molecular weight excluding hydrogens is 240 g/mol. The molecule has 1 saturated heterocycles. The normalized spacial score (nSPS) is 22.8. The van der Waals surface area contributed by atoms with E-state index in [9.17, 15) is 0 Å². The van der Waals surface area contributed by atoms with Crippen molar-refractivity contribution in [2.24, 2.45) is 0 Å². The van der Waals surface area contributed by atoms with Crippen LogP contribution in [0.2, 0.25) is 0 Å². The number of nitrogens with one attached hydrogen (secondary N) is 2. The smallest absolute Gasteiger partial charge is 0.117 e. The number of H-pyrrole nitrogens is 1. The van der Waals surface area contributed by atoms with E-state index in [4.69, 9.17) is 4.74 Å². The number of benzene rings is 1. The van der Waals surface area contributed by atoms with Gasteiger partial charge < -0.3 is 10.1 Å². The Labute approximate surface area is 112 Å². The van der Waals surface area contributed by atoms with E-state index in [1.165, 1.54) is 0 Å². The van der Waals surface area contributed by atoms with Gasteiger partial charge in [-0.15, -0.1) is 0 Å². The molecule has 1 aliphatic rings. The monoisotopic (exact) mass is 258 g/mol. The van der Waals surface area contributed by atoms with Gasteiger partial charge in [0.25, 0.3) is 0 Å². The van der Waals surface area contributed by atoms with Gasteiger partial charge in [-0.25, -0.2) is 0 Å². The molecule has 0 radical (unpaired) electrons. The standard InChI is InChI=1S/C14H18N4O/c1-10-12(7-8-19-10)15-9-13-14(17-18-16-13)11-5-3-2-4-6-11/h2-6,10,12,15H,7-9H2,1H3,(H,16,17,18). The fourth-order valence-corrected chi connectivity index (χ4v) is 2.43. The Morgan fingerprint density at radius 3 is 2.89 bits per heavy atom. The van der Waals surface area contributed by atoms with Crippen LogP contribution in [0.5, 0.6) is 0 Å². The second-order valence-electron chi connectivity index (χ2n) is 4.84. The third-order valence-electron chi connectivity index (χ3n) is 3.58. The van der Waals surface area contributed by atoms with Gasteiger partial charge in [0.1, 0.15) is 11.4 Å². The van der Waals surface area contributed by atoms with Crippen LogP contribution in [0.25, 0.3) is 11.3 Å². The zero-order chi connectivity index (χ0) is 13.1. The highest BCUT2D eigenvalue weighted by Gasteiger charge is 2.24. The van der Waals surface area contributed by atoms with E-state index in [-0.39, 0.29) is 6.10 Å². The predicted octanol–water partition coefficient (Wildman–Crippen LogP) is 1.74. The molecule has 100 valence electrons. The number of aromatic nitrogens is 3. The molecule has 0 bridgehead atoms. The summed E-state index contributed by atoms with van der Waals surface area (Å²) < 4.78 is 5.54. The van der Waals surface area contributed by atoms with Crippen molar-refractivity contribution in [2.75, 3.05) is 6.61 Å². The predicted molar refractivity (Wildman–Crippen MR) is 72.5 cm³/mol. The molecule has 3 rings (SSSR count). The zero-order valence-electron chi connectivity index (χ0n) is 11.0. The lowest BCUT2D eigenvalue weighted by molar-refractivity contribution is 0.113. The van der Waals surface area contributed by atoms with E-state index in [0.29, 0.717) is 12.6 Å². The van der Waals surface area contributed by atoms with E-state index in [1.807, 2.05) is 30.3 Å². The lowest BCUT2D eigenvalue weighted by Gasteiger charge is -2.15. The molecule has 0 saturated carbocycles. The number of nitrogens with zero attached hydrogens (tertiary/aromatic N) is 2. The Morgan fingerprint density at radius 1 is 1.32 bits per heavy atom. The molecular formula is C14H18N4O. The average molecular weight is 258 g/mol. The molecule has 2 N–H and O–H groups in total. The summed E-state index contributed by atoms with van der Waals surface area (Å²) in [6.45, 7) is 3.65. The number of ether oxygens (including phenoxy) is 1.